The molecule has 0 atom stereocenters. The lowest BCUT2D eigenvalue weighted by Gasteiger charge is -2.24. The van der Waals surface area contributed by atoms with Crippen molar-refractivity contribution in [2.75, 3.05) is 5.32 Å². The second kappa shape index (κ2) is 4.51. The Morgan fingerprint density at radius 2 is 2.20 bits per heavy atom. The standard InChI is InChI=1S/C12H14INO/c1-8-5-6-10(7-11(8)13)14-12(15)9-3-2-4-9/h5-7,9H,2-4H2,1H3,(H,14,15). The van der Waals surface area contributed by atoms with Crippen LogP contribution in [0.25, 0.3) is 0 Å². The van der Waals surface area contributed by atoms with Crippen LogP contribution in [-0.2, 0) is 4.79 Å². The molecule has 3 heteroatoms. The number of benzene rings is 1. The fourth-order valence-corrected chi connectivity index (χ4v) is 2.10. The normalized spacial score (nSPS) is 15.9. The molecule has 1 aliphatic rings. The van der Waals surface area contributed by atoms with Gasteiger partial charge in [0.05, 0.1) is 0 Å². The van der Waals surface area contributed by atoms with Gasteiger partial charge in [0.2, 0.25) is 5.91 Å². The van der Waals surface area contributed by atoms with Crippen molar-refractivity contribution in [2.24, 2.45) is 5.92 Å². The molecule has 0 aromatic heterocycles. The fourth-order valence-electron chi connectivity index (χ4n) is 1.59. The summed E-state index contributed by atoms with van der Waals surface area (Å²) < 4.78 is 1.19. The lowest BCUT2D eigenvalue weighted by molar-refractivity contribution is -0.122. The summed E-state index contributed by atoms with van der Waals surface area (Å²) in [5.41, 5.74) is 2.17. The monoisotopic (exact) mass is 315 g/mol. The van der Waals surface area contributed by atoms with Crippen LogP contribution < -0.4 is 5.32 Å². The Morgan fingerprint density at radius 3 is 2.73 bits per heavy atom. The third-order valence-electron chi connectivity index (χ3n) is 2.92. The summed E-state index contributed by atoms with van der Waals surface area (Å²) >= 11 is 2.29. The minimum atomic E-state index is 0.181. The molecule has 1 N–H and O–H groups in total. The molecule has 1 saturated carbocycles. The van der Waals surface area contributed by atoms with Gasteiger partial charge in [0.15, 0.2) is 0 Å². The van der Waals surface area contributed by atoms with Crippen molar-refractivity contribution < 1.29 is 4.79 Å². The molecular formula is C12H14INO. The van der Waals surface area contributed by atoms with Crippen molar-refractivity contribution in [1.82, 2.24) is 0 Å². The van der Waals surface area contributed by atoms with Gasteiger partial charge in [0, 0.05) is 15.2 Å². The predicted octanol–water partition coefficient (Wildman–Crippen LogP) is 3.34. The topological polar surface area (TPSA) is 29.1 Å². The molecule has 1 amide bonds. The van der Waals surface area contributed by atoms with Crippen LogP contribution in [-0.4, -0.2) is 5.91 Å². The van der Waals surface area contributed by atoms with Gasteiger partial charge in [-0.3, -0.25) is 4.79 Å². The van der Waals surface area contributed by atoms with Gasteiger partial charge in [0.1, 0.15) is 0 Å². The summed E-state index contributed by atoms with van der Waals surface area (Å²) in [4.78, 5) is 11.7. The summed E-state index contributed by atoms with van der Waals surface area (Å²) in [7, 11) is 0. The quantitative estimate of drug-likeness (QED) is 0.833. The van der Waals surface area contributed by atoms with Crippen LogP contribution in [0.4, 0.5) is 5.69 Å². The maximum absolute atomic E-state index is 11.7. The Bertz CT molecular complexity index is 385. The van der Waals surface area contributed by atoms with Crippen molar-refractivity contribution in [3.05, 3.63) is 27.3 Å². The van der Waals surface area contributed by atoms with E-state index in [1.165, 1.54) is 15.6 Å². The van der Waals surface area contributed by atoms with Crippen LogP contribution in [0.3, 0.4) is 0 Å². The van der Waals surface area contributed by atoms with Crippen molar-refractivity contribution in [3.63, 3.8) is 0 Å². The van der Waals surface area contributed by atoms with E-state index < -0.39 is 0 Å². The summed E-state index contributed by atoms with van der Waals surface area (Å²) in [5, 5.41) is 2.97. The first-order valence-electron chi connectivity index (χ1n) is 5.24. The number of amides is 1. The largest absolute Gasteiger partial charge is 0.326 e. The number of halogens is 1. The number of anilines is 1. The number of carbonyl (C=O) groups excluding carboxylic acids is 1. The molecule has 1 fully saturated rings. The molecule has 15 heavy (non-hydrogen) atoms. The number of carbonyl (C=O) groups is 1. The third kappa shape index (κ3) is 2.51. The number of hydrogen-bond donors (Lipinski definition) is 1. The Labute approximate surface area is 104 Å². The molecule has 0 spiro atoms. The zero-order valence-electron chi connectivity index (χ0n) is 8.72. The molecule has 2 nitrogen and oxygen atoms in total. The number of rotatable bonds is 2. The average molecular weight is 315 g/mol. The predicted molar refractivity (Wildman–Crippen MR) is 69.9 cm³/mol. The molecular weight excluding hydrogens is 301 g/mol. The van der Waals surface area contributed by atoms with E-state index in [9.17, 15) is 4.79 Å². The van der Waals surface area contributed by atoms with Crippen molar-refractivity contribution >= 4 is 34.2 Å². The molecule has 2 rings (SSSR count). The first kappa shape index (κ1) is 10.9. The van der Waals surface area contributed by atoms with E-state index in [0.29, 0.717) is 0 Å². The first-order valence-corrected chi connectivity index (χ1v) is 6.32. The molecule has 0 heterocycles. The Morgan fingerprint density at radius 1 is 1.47 bits per heavy atom. The van der Waals surface area contributed by atoms with E-state index in [2.05, 4.69) is 34.8 Å². The summed E-state index contributed by atoms with van der Waals surface area (Å²) in [6.45, 7) is 2.07. The SMILES string of the molecule is Cc1ccc(NC(=O)C2CCC2)cc1I. The van der Waals surface area contributed by atoms with E-state index in [-0.39, 0.29) is 11.8 Å². The Balaban J connectivity index is 2.03. The lowest BCUT2D eigenvalue weighted by atomic mass is 9.85. The zero-order chi connectivity index (χ0) is 10.8. The van der Waals surface area contributed by atoms with Crippen LogP contribution in [0.2, 0.25) is 0 Å². The Hall–Kier alpha value is -0.580. The second-order valence-electron chi connectivity index (χ2n) is 4.08. The average Bonchev–Trinajstić information content (AvgIpc) is 2.08. The summed E-state index contributed by atoms with van der Waals surface area (Å²) in [6, 6.07) is 6.03. The maximum Gasteiger partial charge on any atom is 0.227 e. The van der Waals surface area contributed by atoms with E-state index in [4.69, 9.17) is 0 Å². The minimum absolute atomic E-state index is 0.181. The van der Waals surface area contributed by atoms with E-state index in [1.807, 2.05) is 18.2 Å². The van der Waals surface area contributed by atoms with Crippen LogP contribution in [0.1, 0.15) is 24.8 Å². The molecule has 0 saturated heterocycles. The van der Waals surface area contributed by atoms with Gasteiger partial charge in [-0.25, -0.2) is 0 Å². The molecule has 80 valence electrons. The van der Waals surface area contributed by atoms with Gasteiger partial charge < -0.3 is 5.32 Å². The number of hydrogen-bond acceptors (Lipinski definition) is 1. The van der Waals surface area contributed by atoms with Crippen LogP contribution in [0, 0.1) is 16.4 Å². The number of nitrogens with one attached hydrogen (secondary N) is 1. The van der Waals surface area contributed by atoms with Gasteiger partial charge in [-0.2, -0.15) is 0 Å². The van der Waals surface area contributed by atoms with Crippen LogP contribution in [0.5, 0.6) is 0 Å². The highest BCUT2D eigenvalue weighted by molar-refractivity contribution is 14.1. The summed E-state index contributed by atoms with van der Waals surface area (Å²) in [6.07, 6.45) is 3.30. The van der Waals surface area contributed by atoms with Gasteiger partial charge in [-0.05, 0) is 60.1 Å². The Kier molecular flexibility index (Phi) is 3.29. The van der Waals surface area contributed by atoms with Crippen molar-refractivity contribution in [3.8, 4) is 0 Å². The highest BCUT2D eigenvalue weighted by Gasteiger charge is 2.25. The zero-order valence-corrected chi connectivity index (χ0v) is 10.9. The van der Waals surface area contributed by atoms with Gasteiger partial charge in [-0.15, -0.1) is 0 Å². The molecule has 0 aliphatic heterocycles. The van der Waals surface area contributed by atoms with Gasteiger partial charge in [0.25, 0.3) is 0 Å². The molecule has 0 bridgehead atoms. The molecule has 0 unspecified atom stereocenters. The third-order valence-corrected chi connectivity index (χ3v) is 4.08. The van der Waals surface area contributed by atoms with Crippen molar-refractivity contribution in [1.29, 1.82) is 0 Å². The molecule has 0 radical (unpaired) electrons. The molecule has 1 aliphatic carbocycles. The highest BCUT2D eigenvalue weighted by Crippen LogP contribution is 2.28. The van der Waals surface area contributed by atoms with E-state index >= 15 is 0 Å². The highest BCUT2D eigenvalue weighted by atomic mass is 127. The fraction of sp³-hybridized carbons (Fsp3) is 0.417. The first-order chi connectivity index (χ1) is 7.16. The van der Waals surface area contributed by atoms with Crippen molar-refractivity contribution in [2.45, 2.75) is 26.2 Å². The van der Waals surface area contributed by atoms with E-state index in [1.54, 1.807) is 0 Å². The lowest BCUT2D eigenvalue weighted by Crippen LogP contribution is -2.28. The van der Waals surface area contributed by atoms with E-state index in [0.717, 1.165) is 18.5 Å². The smallest absolute Gasteiger partial charge is 0.227 e. The molecule has 1 aromatic rings. The van der Waals surface area contributed by atoms with Crippen LogP contribution >= 0.6 is 22.6 Å². The maximum atomic E-state index is 11.7. The van der Waals surface area contributed by atoms with Crippen LogP contribution in [0.15, 0.2) is 18.2 Å². The summed E-state index contributed by atoms with van der Waals surface area (Å²) in [5.74, 6) is 0.435. The molecule has 1 aromatic carbocycles. The second-order valence-corrected chi connectivity index (χ2v) is 5.24. The minimum Gasteiger partial charge on any atom is -0.326 e. The van der Waals surface area contributed by atoms with Gasteiger partial charge in [-0.1, -0.05) is 12.5 Å². The van der Waals surface area contributed by atoms with Gasteiger partial charge >= 0.3 is 0 Å². The number of aryl methyl sites for hydroxylation is 1.